The average Bonchev–Trinajstić information content (AvgIpc) is 2.68. The Morgan fingerprint density at radius 2 is 2.04 bits per heavy atom. The van der Waals surface area contributed by atoms with Crippen molar-refractivity contribution in [2.24, 2.45) is 4.99 Å². The van der Waals surface area contributed by atoms with Gasteiger partial charge >= 0.3 is 0 Å². The molecular formula is C20H34IN5O2. The standard InChI is InChI=1S/C20H33N5O2.HI/c1-16-13-18(9-11-25(16)15-17-7-5-4-6-8-17)24-20(21-2)23-14-19(26)22-10-12-27-3;/h4-8,16,18H,9-15H2,1-3H3,(H,22,26)(H2,21,23,24);1H. The van der Waals surface area contributed by atoms with E-state index < -0.39 is 0 Å². The Labute approximate surface area is 185 Å². The van der Waals surface area contributed by atoms with Gasteiger partial charge in [0, 0.05) is 45.9 Å². The number of nitrogens with zero attached hydrogens (tertiary/aromatic N) is 2. The fourth-order valence-electron chi connectivity index (χ4n) is 3.31. The lowest BCUT2D eigenvalue weighted by atomic mass is 9.97. The molecule has 0 radical (unpaired) electrons. The van der Waals surface area contributed by atoms with Crippen LogP contribution in [-0.2, 0) is 16.1 Å². The largest absolute Gasteiger partial charge is 0.383 e. The smallest absolute Gasteiger partial charge is 0.239 e. The lowest BCUT2D eigenvalue weighted by Crippen LogP contribution is -2.52. The number of ether oxygens (including phenoxy) is 1. The van der Waals surface area contributed by atoms with Crippen LogP contribution in [0.3, 0.4) is 0 Å². The predicted octanol–water partition coefficient (Wildman–Crippen LogP) is 1.59. The van der Waals surface area contributed by atoms with Gasteiger partial charge in [-0.15, -0.1) is 24.0 Å². The van der Waals surface area contributed by atoms with Gasteiger partial charge in [0.15, 0.2) is 5.96 Å². The van der Waals surface area contributed by atoms with Crippen LogP contribution < -0.4 is 16.0 Å². The monoisotopic (exact) mass is 503 g/mol. The van der Waals surface area contributed by atoms with Gasteiger partial charge in [-0.05, 0) is 25.3 Å². The number of guanidine groups is 1. The average molecular weight is 503 g/mol. The van der Waals surface area contributed by atoms with E-state index in [1.807, 2.05) is 0 Å². The van der Waals surface area contributed by atoms with Crippen molar-refractivity contribution in [2.45, 2.75) is 38.4 Å². The van der Waals surface area contributed by atoms with Crippen molar-refractivity contribution in [2.75, 3.05) is 40.4 Å². The Kier molecular flexibility index (Phi) is 12.1. The van der Waals surface area contributed by atoms with Crippen LogP contribution >= 0.6 is 24.0 Å². The number of rotatable bonds is 8. The van der Waals surface area contributed by atoms with E-state index in [0.717, 1.165) is 25.9 Å². The van der Waals surface area contributed by atoms with Crippen LogP contribution in [0.5, 0.6) is 0 Å². The van der Waals surface area contributed by atoms with E-state index in [2.05, 4.69) is 63.1 Å². The summed E-state index contributed by atoms with van der Waals surface area (Å²) in [5.74, 6) is 0.603. The second-order valence-corrected chi connectivity index (χ2v) is 6.94. The molecule has 0 bridgehead atoms. The summed E-state index contributed by atoms with van der Waals surface area (Å²) >= 11 is 0. The lowest BCUT2D eigenvalue weighted by Gasteiger charge is -2.38. The number of carbonyl (C=O) groups excluding carboxylic acids is 1. The van der Waals surface area contributed by atoms with Crippen LogP contribution in [0.15, 0.2) is 35.3 Å². The third-order valence-electron chi connectivity index (χ3n) is 4.85. The zero-order chi connectivity index (χ0) is 19.5. The molecule has 0 saturated carbocycles. The summed E-state index contributed by atoms with van der Waals surface area (Å²) in [5.41, 5.74) is 1.35. The zero-order valence-electron chi connectivity index (χ0n) is 17.1. The molecule has 2 unspecified atom stereocenters. The van der Waals surface area contributed by atoms with Crippen LogP contribution in [0.25, 0.3) is 0 Å². The maximum atomic E-state index is 11.8. The first-order valence-corrected chi connectivity index (χ1v) is 9.63. The molecule has 1 saturated heterocycles. The van der Waals surface area contributed by atoms with Crippen LogP contribution in [0, 0.1) is 0 Å². The number of carbonyl (C=O) groups is 1. The van der Waals surface area contributed by atoms with Crippen molar-refractivity contribution in [1.82, 2.24) is 20.9 Å². The maximum Gasteiger partial charge on any atom is 0.239 e. The van der Waals surface area contributed by atoms with Crippen molar-refractivity contribution in [3.8, 4) is 0 Å². The number of piperidine rings is 1. The Balaban J connectivity index is 0.00000392. The summed E-state index contributed by atoms with van der Waals surface area (Å²) in [7, 11) is 3.34. The number of benzene rings is 1. The normalized spacial score (nSPS) is 20.2. The van der Waals surface area contributed by atoms with Gasteiger partial charge in [-0.25, -0.2) is 0 Å². The van der Waals surface area contributed by atoms with E-state index in [4.69, 9.17) is 4.74 Å². The van der Waals surface area contributed by atoms with E-state index >= 15 is 0 Å². The number of hydrogen-bond acceptors (Lipinski definition) is 4. The molecule has 7 nitrogen and oxygen atoms in total. The third-order valence-corrected chi connectivity index (χ3v) is 4.85. The molecule has 0 spiro atoms. The quantitative estimate of drug-likeness (QED) is 0.218. The molecule has 158 valence electrons. The van der Waals surface area contributed by atoms with Crippen LogP contribution in [0.4, 0.5) is 0 Å². The maximum absolute atomic E-state index is 11.8. The minimum atomic E-state index is -0.0685. The summed E-state index contributed by atoms with van der Waals surface area (Å²) in [4.78, 5) is 18.5. The molecule has 0 aromatic heterocycles. The van der Waals surface area contributed by atoms with Crippen molar-refractivity contribution in [3.05, 3.63) is 35.9 Å². The van der Waals surface area contributed by atoms with E-state index in [1.54, 1.807) is 14.2 Å². The minimum Gasteiger partial charge on any atom is -0.383 e. The molecule has 2 atom stereocenters. The highest BCUT2D eigenvalue weighted by atomic mass is 127. The van der Waals surface area contributed by atoms with E-state index in [9.17, 15) is 4.79 Å². The number of aliphatic imine (C=N–C) groups is 1. The van der Waals surface area contributed by atoms with Crippen molar-refractivity contribution >= 4 is 35.8 Å². The van der Waals surface area contributed by atoms with E-state index in [-0.39, 0.29) is 36.4 Å². The van der Waals surface area contributed by atoms with E-state index in [1.165, 1.54) is 5.56 Å². The highest BCUT2D eigenvalue weighted by molar-refractivity contribution is 14.0. The molecular weight excluding hydrogens is 469 g/mol. The SMILES string of the molecule is CN=C(NCC(=O)NCCOC)NC1CCN(Cc2ccccc2)C(C)C1.I. The summed E-state index contributed by atoms with van der Waals surface area (Å²) in [6.07, 6.45) is 2.10. The number of nitrogens with one attached hydrogen (secondary N) is 3. The van der Waals surface area contributed by atoms with Gasteiger partial charge in [0.25, 0.3) is 0 Å². The Morgan fingerprint density at radius 1 is 1.29 bits per heavy atom. The molecule has 0 aliphatic carbocycles. The van der Waals surface area contributed by atoms with Crippen molar-refractivity contribution in [1.29, 1.82) is 0 Å². The van der Waals surface area contributed by atoms with E-state index in [0.29, 0.717) is 31.2 Å². The van der Waals surface area contributed by atoms with Gasteiger partial charge in [-0.2, -0.15) is 0 Å². The molecule has 1 aromatic rings. The second-order valence-electron chi connectivity index (χ2n) is 6.94. The first-order valence-electron chi connectivity index (χ1n) is 9.63. The first kappa shape index (κ1) is 24.6. The molecule has 8 heteroatoms. The van der Waals surface area contributed by atoms with Crippen molar-refractivity contribution < 1.29 is 9.53 Å². The molecule has 28 heavy (non-hydrogen) atoms. The van der Waals surface area contributed by atoms with Gasteiger partial charge in [0.05, 0.1) is 13.2 Å². The Hall–Kier alpha value is -1.39. The number of hydrogen-bond donors (Lipinski definition) is 3. The molecule has 1 heterocycles. The summed E-state index contributed by atoms with van der Waals surface area (Å²) in [6.45, 7) is 5.53. The van der Waals surface area contributed by atoms with Gasteiger partial charge in [0.1, 0.15) is 0 Å². The van der Waals surface area contributed by atoms with Crippen LogP contribution in [0.1, 0.15) is 25.3 Å². The summed E-state index contributed by atoms with van der Waals surface area (Å²) < 4.78 is 4.92. The third kappa shape index (κ3) is 8.74. The van der Waals surface area contributed by atoms with Crippen molar-refractivity contribution in [3.63, 3.8) is 0 Å². The molecule has 1 aromatic carbocycles. The molecule has 1 amide bonds. The fourth-order valence-corrected chi connectivity index (χ4v) is 3.31. The van der Waals surface area contributed by atoms with Gasteiger partial charge < -0.3 is 20.7 Å². The summed E-state index contributed by atoms with van der Waals surface area (Å²) in [6, 6.07) is 11.5. The topological polar surface area (TPSA) is 78.0 Å². The molecule has 1 fully saturated rings. The number of methoxy groups -OCH3 is 1. The van der Waals surface area contributed by atoms with Crippen LogP contribution in [-0.4, -0.2) is 69.2 Å². The highest BCUT2D eigenvalue weighted by Gasteiger charge is 2.26. The number of likely N-dealkylation sites (tertiary alicyclic amines) is 1. The lowest BCUT2D eigenvalue weighted by molar-refractivity contribution is -0.120. The predicted molar refractivity (Wildman–Crippen MR) is 124 cm³/mol. The second kappa shape index (κ2) is 13.7. The molecule has 1 aliphatic rings. The zero-order valence-corrected chi connectivity index (χ0v) is 19.4. The minimum absolute atomic E-state index is 0. The van der Waals surface area contributed by atoms with Gasteiger partial charge in [-0.1, -0.05) is 30.3 Å². The van der Waals surface area contributed by atoms with Gasteiger partial charge in [0.2, 0.25) is 5.91 Å². The molecule has 2 rings (SSSR count). The first-order chi connectivity index (χ1) is 13.1. The molecule has 3 N–H and O–H groups in total. The Morgan fingerprint density at radius 3 is 2.68 bits per heavy atom. The van der Waals surface area contributed by atoms with Crippen LogP contribution in [0.2, 0.25) is 0 Å². The Bertz CT molecular complexity index is 600. The highest BCUT2D eigenvalue weighted by Crippen LogP contribution is 2.19. The summed E-state index contributed by atoms with van der Waals surface area (Å²) in [5, 5.41) is 9.32. The number of amides is 1. The fraction of sp³-hybridized carbons (Fsp3) is 0.600. The van der Waals surface area contributed by atoms with Gasteiger partial charge in [-0.3, -0.25) is 14.7 Å². The number of halogens is 1. The molecule has 1 aliphatic heterocycles.